The first-order valence-electron chi connectivity index (χ1n) is 4.44. The van der Waals surface area contributed by atoms with Gasteiger partial charge in [-0.05, 0) is 48.8 Å². The van der Waals surface area contributed by atoms with Crippen molar-refractivity contribution in [3.8, 4) is 0 Å². The summed E-state index contributed by atoms with van der Waals surface area (Å²) in [6.45, 7) is 8.44. The monoisotopic (exact) mass is 178 g/mol. The average molecular weight is 178 g/mol. The van der Waals surface area contributed by atoms with Crippen LogP contribution in [0.15, 0.2) is 5.38 Å². The van der Waals surface area contributed by atoms with Crippen molar-refractivity contribution in [1.82, 2.24) is 0 Å². The number of thiophene rings is 1. The molecule has 1 saturated carbocycles. The van der Waals surface area contributed by atoms with E-state index < -0.39 is 0 Å². The van der Waals surface area contributed by atoms with Crippen molar-refractivity contribution in [2.75, 3.05) is 0 Å². The van der Waals surface area contributed by atoms with E-state index in [2.05, 4.69) is 25.8 Å². The second-order valence-corrected chi connectivity index (χ2v) is 4.73. The van der Waals surface area contributed by atoms with Crippen LogP contribution in [0, 0.1) is 0 Å². The van der Waals surface area contributed by atoms with Gasteiger partial charge in [0.15, 0.2) is 0 Å². The van der Waals surface area contributed by atoms with Crippen LogP contribution in [0.1, 0.15) is 38.2 Å². The molecule has 64 valence electrons. The average Bonchev–Trinajstić information content (AvgIpc) is 2.75. The first kappa shape index (κ1) is 8.06. The smallest absolute Gasteiger partial charge is 0.0273 e. The molecule has 0 saturated heterocycles. The molecule has 1 fully saturated rings. The molecular formula is C11H14S. The van der Waals surface area contributed by atoms with Crippen LogP contribution in [0.5, 0.6) is 0 Å². The van der Waals surface area contributed by atoms with Gasteiger partial charge in [-0.1, -0.05) is 12.2 Å². The summed E-state index contributed by atoms with van der Waals surface area (Å²) >= 11 is 1.80. The highest BCUT2D eigenvalue weighted by Gasteiger charge is 2.25. The molecule has 0 spiro atoms. The molecule has 1 aliphatic rings. The largest absolute Gasteiger partial charge is 0.144 e. The molecule has 0 unspecified atom stereocenters. The minimum Gasteiger partial charge on any atom is -0.144 e. The normalized spacial score (nSPS) is 16.5. The van der Waals surface area contributed by atoms with Crippen molar-refractivity contribution >= 4 is 23.5 Å². The van der Waals surface area contributed by atoms with E-state index in [4.69, 9.17) is 0 Å². The summed E-state index contributed by atoms with van der Waals surface area (Å²) in [7, 11) is 0. The molecule has 0 radical (unpaired) electrons. The quantitative estimate of drug-likeness (QED) is 0.618. The van der Waals surface area contributed by atoms with Crippen molar-refractivity contribution in [3.05, 3.63) is 20.7 Å². The number of rotatable bonds is 1. The Morgan fingerprint density at radius 2 is 2.17 bits per heavy atom. The van der Waals surface area contributed by atoms with Crippen LogP contribution < -0.4 is 9.75 Å². The molecule has 1 aromatic rings. The highest BCUT2D eigenvalue weighted by Crippen LogP contribution is 2.38. The maximum atomic E-state index is 4.07. The van der Waals surface area contributed by atoms with Crippen molar-refractivity contribution in [2.45, 2.75) is 32.6 Å². The predicted molar refractivity (Wildman–Crippen MR) is 55.8 cm³/mol. The van der Waals surface area contributed by atoms with Crippen LogP contribution >= 0.6 is 11.3 Å². The van der Waals surface area contributed by atoms with E-state index in [1.807, 2.05) is 0 Å². The van der Waals surface area contributed by atoms with E-state index in [1.165, 1.54) is 28.2 Å². The maximum Gasteiger partial charge on any atom is 0.0273 e. The summed E-state index contributed by atoms with van der Waals surface area (Å²) in [4.78, 5) is 0. The van der Waals surface area contributed by atoms with Crippen LogP contribution in [-0.2, 0) is 0 Å². The molecule has 1 heterocycles. The molecule has 1 heteroatoms. The predicted octanol–water partition coefficient (Wildman–Crippen LogP) is 2.23. The minimum absolute atomic E-state index is 0.863. The number of hydrogen-bond donors (Lipinski definition) is 0. The fourth-order valence-electron chi connectivity index (χ4n) is 1.68. The van der Waals surface area contributed by atoms with Gasteiger partial charge in [0.2, 0.25) is 0 Å². The second kappa shape index (κ2) is 2.74. The third kappa shape index (κ3) is 1.22. The summed E-state index contributed by atoms with van der Waals surface area (Å²) < 4.78 is 1.25. The minimum atomic E-state index is 0.863. The van der Waals surface area contributed by atoms with Crippen LogP contribution in [0.3, 0.4) is 0 Å². The molecule has 0 aliphatic heterocycles. The number of hydrogen-bond acceptors (Lipinski definition) is 1. The van der Waals surface area contributed by atoms with Crippen molar-refractivity contribution in [3.63, 3.8) is 0 Å². The Labute approximate surface area is 77.2 Å². The lowest BCUT2D eigenvalue weighted by molar-refractivity contribution is 1.12. The molecule has 1 aromatic heterocycles. The van der Waals surface area contributed by atoms with E-state index in [-0.39, 0.29) is 0 Å². The lowest BCUT2D eigenvalue weighted by atomic mass is 10.1. The second-order valence-electron chi connectivity index (χ2n) is 3.76. The van der Waals surface area contributed by atoms with Gasteiger partial charge < -0.3 is 0 Å². The maximum absolute atomic E-state index is 4.07. The summed E-state index contributed by atoms with van der Waals surface area (Å²) in [5.41, 5.74) is 2.98. The molecule has 0 atom stereocenters. The van der Waals surface area contributed by atoms with Crippen LogP contribution in [0.25, 0.3) is 12.2 Å². The molecule has 2 rings (SSSR count). The van der Waals surface area contributed by atoms with E-state index in [0.29, 0.717) is 0 Å². The fraction of sp³-hybridized carbons (Fsp3) is 0.455. The van der Waals surface area contributed by atoms with Crippen molar-refractivity contribution in [2.24, 2.45) is 0 Å². The molecule has 12 heavy (non-hydrogen) atoms. The van der Waals surface area contributed by atoms with Gasteiger partial charge in [0.25, 0.3) is 0 Å². The van der Waals surface area contributed by atoms with Gasteiger partial charge in [-0.2, -0.15) is 0 Å². The lowest BCUT2D eigenvalue weighted by Crippen LogP contribution is -2.21. The van der Waals surface area contributed by atoms with Crippen LogP contribution in [0.2, 0.25) is 0 Å². The highest BCUT2D eigenvalue weighted by atomic mass is 32.1. The first-order valence-corrected chi connectivity index (χ1v) is 5.32. The Morgan fingerprint density at radius 1 is 1.50 bits per heavy atom. The summed E-state index contributed by atoms with van der Waals surface area (Å²) in [5, 5.41) is 3.74. The standard InChI is InChI=1S/C11H14S/c1-7(2)11-8(3)12-6-10(11)9-4-5-9/h6,9H,3-5H2,1-2H3. The topological polar surface area (TPSA) is 0 Å². The van der Waals surface area contributed by atoms with E-state index in [1.54, 1.807) is 16.9 Å². The van der Waals surface area contributed by atoms with Crippen molar-refractivity contribution in [1.29, 1.82) is 0 Å². The molecule has 0 N–H and O–H groups in total. The Morgan fingerprint density at radius 3 is 2.67 bits per heavy atom. The Bertz CT molecular complexity index is 389. The van der Waals surface area contributed by atoms with Crippen molar-refractivity contribution < 1.29 is 0 Å². The first-order chi connectivity index (χ1) is 5.70. The third-order valence-corrected chi connectivity index (χ3v) is 3.27. The fourth-order valence-corrected chi connectivity index (χ4v) is 2.70. The molecule has 0 aromatic carbocycles. The van der Waals surface area contributed by atoms with Gasteiger partial charge in [-0.3, -0.25) is 0 Å². The van der Waals surface area contributed by atoms with Crippen LogP contribution in [-0.4, -0.2) is 0 Å². The SMILES string of the molecule is C=c1scc(C2CC2)c1=C(C)C. The molecule has 1 aliphatic carbocycles. The van der Waals surface area contributed by atoms with E-state index in [0.717, 1.165) is 5.92 Å². The zero-order chi connectivity index (χ0) is 8.72. The summed E-state index contributed by atoms with van der Waals surface area (Å²) in [5.74, 6) is 0.863. The Kier molecular flexibility index (Phi) is 1.84. The Balaban J connectivity index is 2.70. The highest BCUT2D eigenvalue weighted by molar-refractivity contribution is 7.07. The Hall–Kier alpha value is -0.560. The van der Waals surface area contributed by atoms with Crippen LogP contribution in [0.4, 0.5) is 0 Å². The third-order valence-electron chi connectivity index (χ3n) is 2.41. The molecule has 0 amide bonds. The molecular weight excluding hydrogens is 164 g/mol. The lowest BCUT2D eigenvalue weighted by Gasteiger charge is -1.93. The van der Waals surface area contributed by atoms with Gasteiger partial charge in [0, 0.05) is 4.53 Å². The van der Waals surface area contributed by atoms with Gasteiger partial charge in [-0.15, -0.1) is 11.3 Å². The van der Waals surface area contributed by atoms with Gasteiger partial charge in [-0.25, -0.2) is 0 Å². The summed E-state index contributed by atoms with van der Waals surface area (Å²) in [6, 6.07) is 0. The van der Waals surface area contributed by atoms with Gasteiger partial charge in [0.1, 0.15) is 0 Å². The molecule has 0 nitrogen and oxygen atoms in total. The van der Waals surface area contributed by atoms with Gasteiger partial charge >= 0.3 is 0 Å². The molecule has 0 bridgehead atoms. The zero-order valence-electron chi connectivity index (χ0n) is 7.68. The summed E-state index contributed by atoms with van der Waals surface area (Å²) in [6.07, 6.45) is 2.77. The zero-order valence-corrected chi connectivity index (χ0v) is 8.50. The van der Waals surface area contributed by atoms with Gasteiger partial charge in [0.05, 0.1) is 0 Å². The van der Waals surface area contributed by atoms with E-state index >= 15 is 0 Å². The van der Waals surface area contributed by atoms with E-state index in [9.17, 15) is 0 Å².